The zero-order chi connectivity index (χ0) is 19.8. The summed E-state index contributed by atoms with van der Waals surface area (Å²) in [6.45, 7) is 0. The first-order valence-corrected chi connectivity index (χ1v) is 10.4. The van der Waals surface area contributed by atoms with Gasteiger partial charge in [0.15, 0.2) is 0 Å². The second kappa shape index (κ2) is 7.59. The molecule has 0 radical (unpaired) electrons. The minimum Gasteiger partial charge on any atom is -0.339 e. The average Bonchev–Trinajstić information content (AvgIpc) is 3.33. The first-order chi connectivity index (χ1) is 14.2. The molecule has 2 saturated heterocycles. The van der Waals surface area contributed by atoms with E-state index in [0.717, 1.165) is 36.8 Å². The molecule has 5 rings (SSSR count). The Morgan fingerprint density at radius 2 is 1.93 bits per heavy atom. The lowest BCUT2D eigenvalue weighted by atomic mass is 9.90. The van der Waals surface area contributed by atoms with Crippen LogP contribution in [0.3, 0.4) is 0 Å². The minimum absolute atomic E-state index is 0.158. The van der Waals surface area contributed by atoms with Crippen LogP contribution in [0.2, 0.25) is 5.02 Å². The summed E-state index contributed by atoms with van der Waals surface area (Å²) < 4.78 is 5.58. The second-order valence-corrected chi connectivity index (χ2v) is 8.23. The van der Waals surface area contributed by atoms with Crippen molar-refractivity contribution >= 4 is 17.5 Å². The van der Waals surface area contributed by atoms with E-state index in [-0.39, 0.29) is 23.9 Å². The van der Waals surface area contributed by atoms with Crippen LogP contribution < -0.4 is 0 Å². The number of amides is 1. The third-order valence-corrected chi connectivity index (χ3v) is 6.40. The molecule has 2 unspecified atom stereocenters. The smallest absolute Gasteiger partial charge is 0.230 e. The maximum Gasteiger partial charge on any atom is 0.230 e. The van der Waals surface area contributed by atoms with Gasteiger partial charge in [-0.15, -0.1) is 0 Å². The number of nitrogens with zero attached hydrogens (tertiary/aromatic N) is 4. The molecule has 29 heavy (non-hydrogen) atoms. The lowest BCUT2D eigenvalue weighted by molar-refractivity contribution is -0.135. The van der Waals surface area contributed by atoms with Gasteiger partial charge in [0.2, 0.25) is 17.6 Å². The lowest BCUT2D eigenvalue weighted by Gasteiger charge is -2.38. The van der Waals surface area contributed by atoms with E-state index in [0.29, 0.717) is 23.2 Å². The number of hydrogen-bond donors (Lipinski definition) is 0. The van der Waals surface area contributed by atoms with E-state index in [1.807, 2.05) is 36.4 Å². The molecule has 2 aliphatic rings. The van der Waals surface area contributed by atoms with Gasteiger partial charge in [-0.25, -0.2) is 0 Å². The molecular weight excluding hydrogens is 388 g/mol. The Balaban J connectivity index is 1.30. The SMILES string of the molecule is O=C(Cc1ccccc1Cl)N1C2CCC1CC(c1nc(-c3cccnc3)no1)C2. The lowest BCUT2D eigenvalue weighted by Crippen LogP contribution is -2.46. The number of pyridine rings is 1. The summed E-state index contributed by atoms with van der Waals surface area (Å²) >= 11 is 6.25. The number of aromatic nitrogens is 3. The van der Waals surface area contributed by atoms with Gasteiger partial charge in [0.1, 0.15) is 0 Å². The molecule has 3 aromatic rings. The van der Waals surface area contributed by atoms with Gasteiger partial charge in [-0.1, -0.05) is 35.0 Å². The molecule has 7 heteroatoms. The van der Waals surface area contributed by atoms with Gasteiger partial charge in [-0.2, -0.15) is 4.98 Å². The third kappa shape index (κ3) is 3.53. The summed E-state index contributed by atoms with van der Waals surface area (Å²) in [5, 5.41) is 4.78. The maximum absolute atomic E-state index is 13.0. The maximum atomic E-state index is 13.0. The van der Waals surface area contributed by atoms with Gasteiger partial charge in [0.25, 0.3) is 0 Å². The van der Waals surface area contributed by atoms with E-state index >= 15 is 0 Å². The van der Waals surface area contributed by atoms with E-state index in [9.17, 15) is 4.79 Å². The summed E-state index contributed by atoms with van der Waals surface area (Å²) in [6, 6.07) is 11.8. The highest BCUT2D eigenvalue weighted by Gasteiger charge is 2.44. The van der Waals surface area contributed by atoms with Crippen LogP contribution in [0.5, 0.6) is 0 Å². The third-order valence-electron chi connectivity index (χ3n) is 6.03. The number of carbonyl (C=O) groups excluding carboxylic acids is 1. The molecule has 2 fully saturated rings. The fraction of sp³-hybridized carbons (Fsp3) is 0.364. The predicted molar refractivity (Wildman–Crippen MR) is 108 cm³/mol. The van der Waals surface area contributed by atoms with Crippen LogP contribution in [0.15, 0.2) is 53.3 Å². The van der Waals surface area contributed by atoms with Gasteiger partial charge in [-0.3, -0.25) is 9.78 Å². The van der Waals surface area contributed by atoms with Gasteiger partial charge in [-0.05, 0) is 49.4 Å². The number of halogens is 1. The van der Waals surface area contributed by atoms with E-state index in [1.165, 1.54) is 0 Å². The van der Waals surface area contributed by atoms with Crippen LogP contribution in [0.1, 0.15) is 43.1 Å². The second-order valence-electron chi connectivity index (χ2n) is 7.82. The molecule has 1 aromatic carbocycles. The molecule has 2 aromatic heterocycles. The molecule has 0 N–H and O–H groups in total. The summed E-state index contributed by atoms with van der Waals surface area (Å²) in [5.41, 5.74) is 1.73. The average molecular weight is 409 g/mol. The van der Waals surface area contributed by atoms with Crippen LogP contribution in [0.4, 0.5) is 0 Å². The number of piperidine rings is 1. The Hall–Kier alpha value is -2.73. The summed E-state index contributed by atoms with van der Waals surface area (Å²) in [4.78, 5) is 23.8. The topological polar surface area (TPSA) is 72.1 Å². The summed E-state index contributed by atoms with van der Waals surface area (Å²) in [6.07, 6.45) is 7.58. The molecule has 2 atom stereocenters. The number of hydrogen-bond acceptors (Lipinski definition) is 5. The number of rotatable bonds is 4. The Morgan fingerprint density at radius 1 is 1.14 bits per heavy atom. The Bertz CT molecular complexity index is 1010. The molecule has 2 bridgehead atoms. The van der Waals surface area contributed by atoms with Gasteiger partial charge < -0.3 is 9.42 Å². The molecule has 148 valence electrons. The first kappa shape index (κ1) is 18.3. The molecule has 2 aliphatic heterocycles. The number of carbonyl (C=O) groups is 1. The Labute approximate surface area is 173 Å². The van der Waals surface area contributed by atoms with Crippen molar-refractivity contribution in [1.82, 2.24) is 20.0 Å². The van der Waals surface area contributed by atoms with Crippen LogP contribution in [0, 0.1) is 0 Å². The van der Waals surface area contributed by atoms with E-state index < -0.39 is 0 Å². The van der Waals surface area contributed by atoms with Crippen molar-refractivity contribution in [3.63, 3.8) is 0 Å². The highest BCUT2D eigenvalue weighted by atomic mass is 35.5. The van der Waals surface area contributed by atoms with Crippen LogP contribution in [-0.4, -0.2) is 38.0 Å². The molecular formula is C22H21ClN4O2. The van der Waals surface area contributed by atoms with E-state index in [2.05, 4.69) is 20.0 Å². The summed E-state index contributed by atoms with van der Waals surface area (Å²) in [7, 11) is 0. The summed E-state index contributed by atoms with van der Waals surface area (Å²) in [5.74, 6) is 1.58. The normalized spacial score (nSPS) is 23.3. The highest BCUT2D eigenvalue weighted by molar-refractivity contribution is 6.31. The largest absolute Gasteiger partial charge is 0.339 e. The number of fused-ring (bicyclic) bond motifs is 2. The van der Waals surface area contributed by atoms with Crippen molar-refractivity contribution in [3.05, 3.63) is 65.3 Å². The van der Waals surface area contributed by atoms with Crippen LogP contribution in [0.25, 0.3) is 11.4 Å². The zero-order valence-electron chi connectivity index (χ0n) is 15.9. The van der Waals surface area contributed by atoms with Crippen molar-refractivity contribution in [2.45, 2.75) is 50.1 Å². The van der Waals surface area contributed by atoms with Crippen molar-refractivity contribution < 1.29 is 9.32 Å². The zero-order valence-corrected chi connectivity index (χ0v) is 16.6. The predicted octanol–water partition coefficient (Wildman–Crippen LogP) is 4.26. The fourth-order valence-corrected chi connectivity index (χ4v) is 4.90. The van der Waals surface area contributed by atoms with Crippen molar-refractivity contribution in [3.8, 4) is 11.4 Å². The first-order valence-electron chi connectivity index (χ1n) is 9.97. The molecule has 0 saturated carbocycles. The minimum atomic E-state index is 0.158. The molecule has 4 heterocycles. The van der Waals surface area contributed by atoms with Crippen molar-refractivity contribution in [2.24, 2.45) is 0 Å². The standard InChI is InChI=1S/C22H21ClN4O2/c23-19-6-2-1-4-14(19)12-20(28)27-17-7-8-18(27)11-16(10-17)22-25-21(26-29-22)15-5-3-9-24-13-15/h1-6,9,13,16-18H,7-8,10-12H2. The Kier molecular flexibility index (Phi) is 4.79. The highest BCUT2D eigenvalue weighted by Crippen LogP contribution is 2.43. The van der Waals surface area contributed by atoms with Gasteiger partial charge in [0.05, 0.1) is 6.42 Å². The van der Waals surface area contributed by atoms with Crippen molar-refractivity contribution in [1.29, 1.82) is 0 Å². The van der Waals surface area contributed by atoms with Crippen molar-refractivity contribution in [2.75, 3.05) is 0 Å². The number of benzene rings is 1. The van der Waals surface area contributed by atoms with Gasteiger partial charge >= 0.3 is 0 Å². The molecule has 0 spiro atoms. The quantitative estimate of drug-likeness (QED) is 0.644. The molecule has 1 amide bonds. The van der Waals surface area contributed by atoms with Gasteiger partial charge in [0, 0.05) is 41.0 Å². The Morgan fingerprint density at radius 3 is 2.66 bits per heavy atom. The van der Waals surface area contributed by atoms with Crippen LogP contribution in [-0.2, 0) is 11.2 Å². The van der Waals surface area contributed by atoms with E-state index in [1.54, 1.807) is 12.4 Å². The van der Waals surface area contributed by atoms with E-state index in [4.69, 9.17) is 16.1 Å². The molecule has 0 aliphatic carbocycles. The fourth-order valence-electron chi connectivity index (χ4n) is 4.70. The van der Waals surface area contributed by atoms with Crippen LogP contribution >= 0.6 is 11.6 Å². The molecule has 6 nitrogen and oxygen atoms in total. The monoisotopic (exact) mass is 408 g/mol.